The van der Waals surface area contributed by atoms with Crippen molar-refractivity contribution < 1.29 is 0 Å². The maximum absolute atomic E-state index is 4.58. The van der Waals surface area contributed by atoms with Crippen LogP contribution in [0, 0.1) is 18.8 Å². The summed E-state index contributed by atoms with van der Waals surface area (Å²) in [6.07, 6.45) is 1.28. The van der Waals surface area contributed by atoms with Gasteiger partial charge in [-0.05, 0) is 30.9 Å². The zero-order chi connectivity index (χ0) is 10.8. The van der Waals surface area contributed by atoms with Crippen LogP contribution in [0.1, 0.15) is 26.0 Å². The monoisotopic (exact) mass is 204 g/mol. The minimum atomic E-state index is 0.803. The Labute approximate surface area is 92.3 Å². The molecular formula is C13H20N2. The number of hydrogen-bond acceptors (Lipinski definition) is 2. The lowest BCUT2D eigenvalue weighted by molar-refractivity contribution is 0.440. The molecule has 0 radical (unpaired) electrons. The lowest BCUT2D eigenvalue weighted by Crippen LogP contribution is -2.21. The van der Waals surface area contributed by atoms with E-state index in [0.717, 1.165) is 29.9 Å². The quantitative estimate of drug-likeness (QED) is 0.736. The molecule has 2 heterocycles. The fraction of sp³-hybridized carbons (Fsp3) is 0.615. The van der Waals surface area contributed by atoms with E-state index in [0.29, 0.717) is 0 Å². The van der Waals surface area contributed by atoms with Crippen LogP contribution in [0.3, 0.4) is 0 Å². The number of hydrogen-bond donors (Lipinski definition) is 0. The first-order valence-electron chi connectivity index (χ1n) is 5.89. The van der Waals surface area contributed by atoms with Crippen LogP contribution in [0.2, 0.25) is 0 Å². The number of rotatable bonds is 2. The van der Waals surface area contributed by atoms with E-state index in [1.165, 1.54) is 13.0 Å². The summed E-state index contributed by atoms with van der Waals surface area (Å²) in [7, 11) is 0. The second kappa shape index (κ2) is 4.21. The van der Waals surface area contributed by atoms with Crippen LogP contribution < -0.4 is 4.90 Å². The number of aryl methyl sites for hydroxylation is 1. The van der Waals surface area contributed by atoms with Crippen molar-refractivity contribution in [1.29, 1.82) is 0 Å². The summed E-state index contributed by atoms with van der Waals surface area (Å²) in [5, 5.41) is 0. The Kier molecular flexibility index (Phi) is 2.94. The van der Waals surface area contributed by atoms with Crippen molar-refractivity contribution in [1.82, 2.24) is 4.98 Å². The highest BCUT2D eigenvalue weighted by molar-refractivity contribution is 5.40. The van der Waals surface area contributed by atoms with Crippen LogP contribution in [0.4, 0.5) is 5.82 Å². The summed E-state index contributed by atoms with van der Waals surface area (Å²) in [6, 6.07) is 6.28. The number of pyridine rings is 1. The third-order valence-corrected chi connectivity index (χ3v) is 3.49. The molecular weight excluding hydrogens is 184 g/mol. The molecule has 1 aliphatic rings. The molecule has 2 heteroatoms. The Bertz CT molecular complexity index is 335. The van der Waals surface area contributed by atoms with Crippen molar-refractivity contribution in [2.24, 2.45) is 11.8 Å². The third kappa shape index (κ3) is 2.14. The maximum atomic E-state index is 4.58. The van der Waals surface area contributed by atoms with Crippen LogP contribution in [-0.2, 0) is 0 Å². The standard InChI is InChI=1S/C13H20N2/c1-4-12-9-15(8-10(12)2)13-7-5-6-11(3)14-13/h5-7,10,12H,4,8-9H2,1-3H3/t10?,12-/m1/s1. The van der Waals surface area contributed by atoms with E-state index in [2.05, 4.69) is 48.9 Å². The van der Waals surface area contributed by atoms with Gasteiger partial charge >= 0.3 is 0 Å². The fourth-order valence-corrected chi connectivity index (χ4v) is 2.46. The number of anilines is 1. The summed E-state index contributed by atoms with van der Waals surface area (Å²) in [4.78, 5) is 7.01. The molecule has 15 heavy (non-hydrogen) atoms. The van der Waals surface area contributed by atoms with Gasteiger partial charge in [-0.3, -0.25) is 0 Å². The number of aromatic nitrogens is 1. The van der Waals surface area contributed by atoms with Crippen molar-refractivity contribution >= 4 is 5.82 Å². The van der Waals surface area contributed by atoms with Crippen LogP contribution in [0.15, 0.2) is 18.2 Å². The molecule has 1 aliphatic heterocycles. The Morgan fingerprint density at radius 2 is 2.20 bits per heavy atom. The molecule has 1 saturated heterocycles. The lowest BCUT2D eigenvalue weighted by Gasteiger charge is -2.17. The summed E-state index contributed by atoms with van der Waals surface area (Å²) in [5.41, 5.74) is 1.11. The normalized spacial score (nSPS) is 25.9. The Morgan fingerprint density at radius 1 is 1.40 bits per heavy atom. The van der Waals surface area contributed by atoms with Crippen LogP contribution in [0.5, 0.6) is 0 Å². The minimum Gasteiger partial charge on any atom is -0.356 e. The second-order valence-corrected chi connectivity index (χ2v) is 4.69. The van der Waals surface area contributed by atoms with Crippen LogP contribution >= 0.6 is 0 Å². The molecule has 2 rings (SSSR count). The minimum absolute atomic E-state index is 0.803. The van der Waals surface area contributed by atoms with Gasteiger partial charge in [0.1, 0.15) is 5.82 Å². The van der Waals surface area contributed by atoms with Gasteiger partial charge in [-0.1, -0.05) is 26.3 Å². The van der Waals surface area contributed by atoms with Gasteiger partial charge in [0.25, 0.3) is 0 Å². The molecule has 2 atom stereocenters. The topological polar surface area (TPSA) is 16.1 Å². The van der Waals surface area contributed by atoms with Gasteiger partial charge < -0.3 is 4.90 Å². The van der Waals surface area contributed by atoms with E-state index in [4.69, 9.17) is 0 Å². The zero-order valence-corrected chi connectivity index (χ0v) is 9.90. The van der Waals surface area contributed by atoms with Crippen LogP contribution in [-0.4, -0.2) is 18.1 Å². The molecule has 2 nitrogen and oxygen atoms in total. The molecule has 0 aromatic carbocycles. The summed E-state index contributed by atoms with van der Waals surface area (Å²) in [5.74, 6) is 2.79. The molecule has 0 N–H and O–H groups in total. The van der Waals surface area contributed by atoms with E-state index in [9.17, 15) is 0 Å². The molecule has 0 aliphatic carbocycles. The molecule has 1 fully saturated rings. The number of nitrogens with zero attached hydrogens (tertiary/aromatic N) is 2. The first-order chi connectivity index (χ1) is 7.20. The van der Waals surface area contributed by atoms with Gasteiger partial charge in [0.15, 0.2) is 0 Å². The Balaban J connectivity index is 2.13. The molecule has 1 aromatic heterocycles. The lowest BCUT2D eigenvalue weighted by atomic mass is 9.96. The average Bonchev–Trinajstić information content (AvgIpc) is 2.60. The predicted octanol–water partition coefficient (Wildman–Crippen LogP) is 2.87. The fourth-order valence-electron chi connectivity index (χ4n) is 2.46. The van der Waals surface area contributed by atoms with Gasteiger partial charge in [-0.25, -0.2) is 4.98 Å². The van der Waals surface area contributed by atoms with Gasteiger partial charge in [0.2, 0.25) is 0 Å². The highest BCUT2D eigenvalue weighted by Gasteiger charge is 2.28. The molecule has 0 spiro atoms. The molecule has 0 amide bonds. The van der Waals surface area contributed by atoms with Crippen LogP contribution in [0.25, 0.3) is 0 Å². The van der Waals surface area contributed by atoms with E-state index < -0.39 is 0 Å². The summed E-state index contributed by atoms with van der Waals surface area (Å²) < 4.78 is 0. The van der Waals surface area contributed by atoms with Crippen molar-refractivity contribution in [2.45, 2.75) is 27.2 Å². The van der Waals surface area contributed by atoms with Crippen molar-refractivity contribution in [3.8, 4) is 0 Å². The van der Waals surface area contributed by atoms with Gasteiger partial charge in [0.05, 0.1) is 0 Å². The maximum Gasteiger partial charge on any atom is 0.128 e. The second-order valence-electron chi connectivity index (χ2n) is 4.69. The van der Waals surface area contributed by atoms with E-state index in [-0.39, 0.29) is 0 Å². The first-order valence-corrected chi connectivity index (χ1v) is 5.89. The molecule has 0 saturated carbocycles. The SMILES string of the molecule is CC[C@@H]1CN(c2cccc(C)n2)CC1C. The molecule has 1 unspecified atom stereocenters. The smallest absolute Gasteiger partial charge is 0.128 e. The van der Waals surface area contributed by atoms with Crippen molar-refractivity contribution in [3.05, 3.63) is 23.9 Å². The van der Waals surface area contributed by atoms with E-state index in [1.54, 1.807) is 0 Å². The first kappa shape index (κ1) is 10.5. The van der Waals surface area contributed by atoms with Crippen molar-refractivity contribution in [3.63, 3.8) is 0 Å². The van der Waals surface area contributed by atoms with E-state index in [1.807, 2.05) is 0 Å². The Morgan fingerprint density at radius 3 is 2.80 bits per heavy atom. The average molecular weight is 204 g/mol. The molecule has 1 aromatic rings. The highest BCUT2D eigenvalue weighted by atomic mass is 15.2. The third-order valence-electron chi connectivity index (χ3n) is 3.49. The van der Waals surface area contributed by atoms with Crippen molar-refractivity contribution in [2.75, 3.05) is 18.0 Å². The summed E-state index contributed by atoms with van der Waals surface area (Å²) >= 11 is 0. The Hall–Kier alpha value is -1.05. The largest absolute Gasteiger partial charge is 0.356 e. The zero-order valence-electron chi connectivity index (χ0n) is 9.90. The summed E-state index contributed by atoms with van der Waals surface area (Å²) in [6.45, 7) is 9.03. The van der Waals surface area contributed by atoms with Gasteiger partial charge in [-0.2, -0.15) is 0 Å². The highest BCUT2D eigenvalue weighted by Crippen LogP contribution is 2.28. The predicted molar refractivity (Wildman–Crippen MR) is 64.1 cm³/mol. The van der Waals surface area contributed by atoms with Gasteiger partial charge in [-0.15, -0.1) is 0 Å². The van der Waals surface area contributed by atoms with Gasteiger partial charge in [0, 0.05) is 18.8 Å². The molecule has 0 bridgehead atoms. The van der Waals surface area contributed by atoms with E-state index >= 15 is 0 Å². The molecule has 82 valence electrons.